The number of aryl methyl sites for hydroxylation is 2. The second-order valence-electron chi connectivity index (χ2n) is 6.60. The molecule has 0 aliphatic carbocycles. The van der Waals surface area contributed by atoms with E-state index in [2.05, 4.69) is 16.9 Å². The third-order valence-electron chi connectivity index (χ3n) is 4.69. The van der Waals surface area contributed by atoms with Crippen molar-refractivity contribution >= 4 is 54.9 Å². The highest BCUT2D eigenvalue weighted by atomic mass is 32.2. The van der Waals surface area contributed by atoms with Gasteiger partial charge in [-0.05, 0) is 37.3 Å². The van der Waals surface area contributed by atoms with Crippen molar-refractivity contribution in [1.82, 2.24) is 19.5 Å². The van der Waals surface area contributed by atoms with Crippen LogP contribution in [-0.2, 0) is 12.3 Å². The lowest BCUT2D eigenvalue weighted by Gasteiger charge is -2.11. The fraction of sp³-hybridized carbons (Fsp3) is 0.368. The van der Waals surface area contributed by atoms with Crippen LogP contribution in [0.2, 0.25) is 0 Å². The molecule has 0 saturated carbocycles. The van der Waals surface area contributed by atoms with Crippen molar-refractivity contribution in [3.05, 3.63) is 48.4 Å². The molecule has 0 aliphatic rings. The number of thioether (sulfide) groups is 1. The molecular formula is C19H20N4O2S3. The van der Waals surface area contributed by atoms with E-state index in [9.17, 15) is 9.59 Å². The Labute approximate surface area is 173 Å². The van der Waals surface area contributed by atoms with E-state index in [-0.39, 0.29) is 11.1 Å². The van der Waals surface area contributed by atoms with Gasteiger partial charge in [-0.1, -0.05) is 25.1 Å². The van der Waals surface area contributed by atoms with E-state index in [0.29, 0.717) is 33.5 Å². The minimum Gasteiger partial charge on any atom is -0.309 e. The minimum absolute atomic E-state index is 0.0255. The Bertz CT molecular complexity index is 1280. The van der Waals surface area contributed by atoms with Crippen molar-refractivity contribution in [2.24, 2.45) is 0 Å². The molecule has 0 amide bonds. The Kier molecular flexibility index (Phi) is 5.39. The molecule has 0 spiro atoms. The molecule has 9 heteroatoms. The summed E-state index contributed by atoms with van der Waals surface area (Å²) in [6.45, 7) is 6.75. The van der Waals surface area contributed by atoms with Crippen LogP contribution in [0.4, 0.5) is 0 Å². The fourth-order valence-electron chi connectivity index (χ4n) is 3.06. The number of aromatic amines is 1. The van der Waals surface area contributed by atoms with Crippen molar-refractivity contribution in [1.29, 1.82) is 0 Å². The molecule has 0 saturated heterocycles. The first-order chi connectivity index (χ1) is 13.5. The predicted octanol–water partition coefficient (Wildman–Crippen LogP) is 4.47. The van der Waals surface area contributed by atoms with Crippen molar-refractivity contribution in [2.45, 2.75) is 51.1 Å². The van der Waals surface area contributed by atoms with Gasteiger partial charge in [0.15, 0.2) is 5.16 Å². The molecule has 4 heterocycles. The van der Waals surface area contributed by atoms with Gasteiger partial charge in [-0.2, -0.15) is 0 Å². The summed E-state index contributed by atoms with van der Waals surface area (Å²) in [6.07, 6.45) is 1.92. The van der Waals surface area contributed by atoms with Crippen LogP contribution in [0.5, 0.6) is 0 Å². The van der Waals surface area contributed by atoms with E-state index < -0.39 is 0 Å². The molecule has 6 nitrogen and oxygen atoms in total. The van der Waals surface area contributed by atoms with Crippen molar-refractivity contribution < 1.29 is 0 Å². The van der Waals surface area contributed by atoms with Crippen LogP contribution in [0.15, 0.2) is 26.2 Å². The highest BCUT2D eigenvalue weighted by Gasteiger charge is 2.17. The molecule has 0 aliphatic heterocycles. The lowest BCUT2D eigenvalue weighted by Crippen LogP contribution is -2.23. The molecule has 4 rings (SSSR count). The molecule has 0 radical (unpaired) electrons. The summed E-state index contributed by atoms with van der Waals surface area (Å²) in [5.41, 5.74) is 1.64. The van der Waals surface area contributed by atoms with Gasteiger partial charge < -0.3 is 4.98 Å². The Hall–Kier alpha value is -1.97. The first-order valence-electron chi connectivity index (χ1n) is 9.09. The van der Waals surface area contributed by atoms with Gasteiger partial charge in [0, 0.05) is 11.4 Å². The molecule has 4 aromatic rings. The van der Waals surface area contributed by atoms with Gasteiger partial charge in [0.25, 0.3) is 11.1 Å². The lowest BCUT2D eigenvalue weighted by molar-refractivity contribution is 0.558. The maximum Gasteiger partial charge on any atom is 0.268 e. The zero-order valence-corrected chi connectivity index (χ0v) is 18.3. The zero-order chi connectivity index (χ0) is 19.8. The summed E-state index contributed by atoms with van der Waals surface area (Å²) in [7, 11) is 0. The summed E-state index contributed by atoms with van der Waals surface area (Å²) >= 11 is 4.39. The highest BCUT2D eigenvalue weighted by molar-refractivity contribution is 7.98. The average molecular weight is 433 g/mol. The molecular weight excluding hydrogens is 412 g/mol. The van der Waals surface area contributed by atoms with Gasteiger partial charge >= 0.3 is 0 Å². The molecule has 0 atom stereocenters. The minimum atomic E-state index is -0.119. The molecule has 1 N–H and O–H groups in total. The molecule has 4 aromatic heterocycles. The summed E-state index contributed by atoms with van der Waals surface area (Å²) in [4.78, 5) is 39.4. The third kappa shape index (κ3) is 3.42. The van der Waals surface area contributed by atoms with E-state index >= 15 is 0 Å². The quantitative estimate of drug-likeness (QED) is 0.359. The monoisotopic (exact) mass is 432 g/mol. The topological polar surface area (TPSA) is 80.6 Å². The first kappa shape index (κ1) is 19.4. The van der Waals surface area contributed by atoms with E-state index in [4.69, 9.17) is 4.98 Å². The van der Waals surface area contributed by atoms with E-state index in [0.717, 1.165) is 33.5 Å². The number of unbranched alkanes of at least 4 members (excludes halogenated alkanes) is 1. The molecule has 0 aromatic carbocycles. The summed E-state index contributed by atoms with van der Waals surface area (Å²) in [5, 5.41) is 3.28. The van der Waals surface area contributed by atoms with Crippen LogP contribution in [-0.4, -0.2) is 19.5 Å². The van der Waals surface area contributed by atoms with Crippen LogP contribution in [0.3, 0.4) is 0 Å². The fourth-order valence-corrected chi connectivity index (χ4v) is 5.75. The van der Waals surface area contributed by atoms with Crippen LogP contribution >= 0.6 is 34.4 Å². The number of H-pyrrole nitrogens is 1. The predicted molar refractivity (Wildman–Crippen MR) is 118 cm³/mol. The normalized spacial score (nSPS) is 11.7. The van der Waals surface area contributed by atoms with Gasteiger partial charge in [-0.25, -0.2) is 9.97 Å². The smallest absolute Gasteiger partial charge is 0.268 e. The lowest BCUT2D eigenvalue weighted by atomic mass is 10.2. The summed E-state index contributed by atoms with van der Waals surface area (Å²) < 4.78 is 2.41. The summed E-state index contributed by atoms with van der Waals surface area (Å²) in [5.74, 6) is 1.05. The molecule has 28 heavy (non-hydrogen) atoms. The largest absolute Gasteiger partial charge is 0.309 e. The second-order valence-corrected chi connectivity index (χ2v) is 9.67. The van der Waals surface area contributed by atoms with Gasteiger partial charge in [0.2, 0.25) is 0 Å². The number of fused-ring (bicyclic) bond motifs is 2. The van der Waals surface area contributed by atoms with E-state index in [1.807, 2.05) is 25.3 Å². The number of rotatable bonds is 6. The van der Waals surface area contributed by atoms with E-state index in [1.165, 1.54) is 23.1 Å². The molecule has 0 fully saturated rings. The van der Waals surface area contributed by atoms with Crippen LogP contribution in [0.25, 0.3) is 20.4 Å². The Balaban J connectivity index is 1.73. The number of thiophene rings is 2. The number of hydrogen-bond donors (Lipinski definition) is 1. The Morgan fingerprint density at radius 3 is 2.86 bits per heavy atom. The SMILES string of the molecule is CCCCn1c(SCc2nc3ccsc3c(=O)[nH]2)nc2sc(C)c(C)c2c1=O. The van der Waals surface area contributed by atoms with Gasteiger partial charge in [0.1, 0.15) is 15.4 Å². The Morgan fingerprint density at radius 2 is 2.07 bits per heavy atom. The molecule has 0 unspecified atom stereocenters. The molecule has 0 bridgehead atoms. The van der Waals surface area contributed by atoms with Crippen molar-refractivity contribution in [3.63, 3.8) is 0 Å². The van der Waals surface area contributed by atoms with Gasteiger partial charge in [-0.3, -0.25) is 14.2 Å². The number of nitrogens with one attached hydrogen (secondary N) is 1. The average Bonchev–Trinajstić information content (AvgIpc) is 3.24. The third-order valence-corrected chi connectivity index (χ3v) is 7.68. The number of nitrogens with zero attached hydrogens (tertiary/aromatic N) is 3. The van der Waals surface area contributed by atoms with Crippen molar-refractivity contribution in [3.8, 4) is 0 Å². The van der Waals surface area contributed by atoms with Gasteiger partial charge in [-0.15, -0.1) is 22.7 Å². The van der Waals surface area contributed by atoms with Gasteiger partial charge in [0.05, 0.1) is 16.7 Å². The van der Waals surface area contributed by atoms with Crippen LogP contribution < -0.4 is 11.1 Å². The Morgan fingerprint density at radius 1 is 1.25 bits per heavy atom. The first-order valence-corrected chi connectivity index (χ1v) is 11.8. The van der Waals surface area contributed by atoms with Crippen molar-refractivity contribution in [2.75, 3.05) is 0 Å². The number of aromatic nitrogens is 4. The summed E-state index contributed by atoms with van der Waals surface area (Å²) in [6, 6.07) is 1.85. The molecule has 146 valence electrons. The zero-order valence-electron chi connectivity index (χ0n) is 15.9. The van der Waals surface area contributed by atoms with Crippen LogP contribution in [0, 0.1) is 13.8 Å². The number of hydrogen-bond acceptors (Lipinski definition) is 7. The van der Waals surface area contributed by atoms with Crippen LogP contribution in [0.1, 0.15) is 36.0 Å². The van der Waals surface area contributed by atoms with E-state index in [1.54, 1.807) is 15.9 Å². The standard InChI is InChI=1S/C19H20N4O2S3/c1-4-5-7-23-18(25)14-10(2)11(3)28-17(14)22-19(23)27-9-13-20-12-6-8-26-15(12)16(24)21-13/h6,8H,4-5,7,9H2,1-3H3,(H,20,21,24). The maximum atomic E-state index is 13.1. The maximum absolute atomic E-state index is 13.1. The highest BCUT2D eigenvalue weighted by Crippen LogP contribution is 2.29. The second kappa shape index (κ2) is 7.81.